The van der Waals surface area contributed by atoms with Crippen molar-refractivity contribution in [1.82, 2.24) is 14.7 Å². The summed E-state index contributed by atoms with van der Waals surface area (Å²) < 4.78 is 19.2. The van der Waals surface area contributed by atoms with Crippen molar-refractivity contribution in [2.24, 2.45) is 5.92 Å². The predicted octanol–water partition coefficient (Wildman–Crippen LogP) is 17.0. The van der Waals surface area contributed by atoms with Crippen LogP contribution in [0.1, 0.15) is 302 Å². The summed E-state index contributed by atoms with van der Waals surface area (Å²) in [5, 5.41) is 8.05. The second-order valence-corrected chi connectivity index (χ2v) is 26.4. The van der Waals surface area contributed by atoms with Crippen LogP contribution in [-0.2, 0) is 42.7 Å². The molecule has 0 radical (unpaired) electrons. The first-order chi connectivity index (χ1) is 45.3. The Morgan fingerprint density at radius 2 is 0.681 bits per heavy atom. The summed E-state index contributed by atoms with van der Waals surface area (Å²) in [6, 6.07) is 20.1. The zero-order valence-corrected chi connectivity index (χ0v) is 59.0. The molecule has 0 aromatic heterocycles. The highest BCUT2D eigenvalue weighted by atomic mass is 36.0. The highest BCUT2D eigenvalue weighted by Crippen LogP contribution is 2.27. The summed E-state index contributed by atoms with van der Waals surface area (Å²) in [4.78, 5) is 133. The van der Waals surface area contributed by atoms with Gasteiger partial charge in [-0.1, -0.05) is 204 Å². The van der Waals surface area contributed by atoms with Crippen LogP contribution in [0.3, 0.4) is 0 Å². The number of carboxylic acids is 1. The van der Waals surface area contributed by atoms with E-state index in [-0.39, 0.29) is 99.1 Å². The van der Waals surface area contributed by atoms with Gasteiger partial charge >= 0.3 is 17.9 Å². The van der Waals surface area contributed by atoms with Gasteiger partial charge in [0.25, 0.3) is 35.4 Å². The Bertz CT molecular complexity index is 2670. The Morgan fingerprint density at radius 3 is 0.968 bits per heavy atom. The van der Waals surface area contributed by atoms with Crippen molar-refractivity contribution in [1.29, 1.82) is 0 Å². The second kappa shape index (κ2) is 51.2. The van der Waals surface area contributed by atoms with Crippen LogP contribution in [-0.4, -0.2) is 121 Å². The summed E-state index contributed by atoms with van der Waals surface area (Å²) in [5.74, 6) is -4.23. The fraction of sp³-hybridized carbons (Fsp3) is 0.597. The number of esters is 2. The zero-order valence-electron chi connectivity index (χ0n) is 55.9. The van der Waals surface area contributed by atoms with Crippen LogP contribution in [0.25, 0.3) is 0 Å². The third kappa shape index (κ3) is 33.5. The number of nitrogens with zero attached hydrogens (tertiary/aromatic N) is 3. The van der Waals surface area contributed by atoms with Gasteiger partial charge in [0.05, 0.1) is 46.6 Å². The first kappa shape index (κ1) is 83.9. The average molecular weight is 1390 g/mol. The molecule has 522 valence electrons. The molecule has 1 unspecified atom stereocenters. The fourth-order valence-electron chi connectivity index (χ4n) is 11.0. The largest absolute Gasteiger partial charge is 0.481 e. The van der Waals surface area contributed by atoms with E-state index in [2.05, 4.69) is 35.2 Å². The van der Waals surface area contributed by atoms with Gasteiger partial charge in [-0.05, 0) is 94.0 Å². The van der Waals surface area contributed by atoms with E-state index in [4.69, 9.17) is 30.4 Å². The lowest BCUT2D eigenvalue weighted by atomic mass is 9.93. The Hall–Kier alpha value is -6.15. The molecule has 22 heteroatoms. The Labute approximate surface area is 574 Å². The van der Waals surface area contributed by atoms with E-state index in [1.54, 1.807) is 79.7 Å². The van der Waals surface area contributed by atoms with Gasteiger partial charge in [0, 0.05) is 66.7 Å². The number of carbonyl (C=O) groups excluding carboxylic acids is 10. The van der Waals surface area contributed by atoms with Crippen molar-refractivity contribution in [3.8, 4) is 0 Å². The van der Waals surface area contributed by atoms with Crippen LogP contribution in [0, 0.1) is 5.92 Å². The van der Waals surface area contributed by atoms with Crippen LogP contribution >= 0.6 is 33.0 Å². The Kier molecular flexibility index (Phi) is 45.7. The number of amides is 6. The Morgan fingerprint density at radius 1 is 0.404 bits per heavy atom. The van der Waals surface area contributed by atoms with Crippen molar-refractivity contribution in [2.75, 3.05) is 32.8 Å². The van der Waals surface area contributed by atoms with Crippen molar-refractivity contribution >= 4 is 107 Å². The Balaban J connectivity index is 0.000000442. The smallest absolute Gasteiger partial charge is 0.316 e. The predicted molar refractivity (Wildman–Crippen MR) is 369 cm³/mol. The highest BCUT2D eigenvalue weighted by Gasteiger charge is 2.37. The number of carbonyl (C=O) groups is 11. The van der Waals surface area contributed by atoms with E-state index >= 15 is 0 Å². The standard InChI is InChI=1S/C30H45NO5.C18H36O2.C12H10ClNO3.C12H11NO4.Cl2OS/c1-3-5-6-7-8-9-10-11-12-13-14-15-21-26(30(35)36-4-2)27(32)22-18-23-31-28(33)24-19-16-17-20-25(24)29(31)34;1-3-5-6-7-8-9-10-11-12-13-14-15-16-17-18(19)20-4-2;13-10(15)6-3-7-14-11(16)8-4-1-2-5-9(8)12(14)17;14-10(15)6-3-7-13-11(16)8-4-1-2-5-9(8)12(13)17;1-4(2)3/h16-17,19-20,26H,3-15,18,21-23H2,1-2H3;3-17H2,1-2H3;1-2,4-5H,3,6-7H2;1-2,4-5H,3,6-7H2,(H,14,15);. The maximum atomic E-state index is 12.9. The van der Waals surface area contributed by atoms with Gasteiger partial charge in [-0.25, -0.2) is 4.21 Å². The molecule has 3 aromatic carbocycles. The van der Waals surface area contributed by atoms with Gasteiger partial charge in [-0.3, -0.25) is 67.4 Å². The van der Waals surface area contributed by atoms with Crippen LogP contribution < -0.4 is 0 Å². The molecule has 0 spiro atoms. The normalized spacial score (nSPS) is 13.0. The lowest BCUT2D eigenvalue weighted by molar-refractivity contribution is -0.152. The summed E-state index contributed by atoms with van der Waals surface area (Å²) in [7, 11) is 7.36. The van der Waals surface area contributed by atoms with Crippen molar-refractivity contribution in [2.45, 2.75) is 240 Å². The van der Waals surface area contributed by atoms with E-state index in [1.165, 1.54) is 140 Å². The number of benzene rings is 3. The number of hydrogen-bond acceptors (Lipinski definition) is 14. The maximum Gasteiger partial charge on any atom is 0.316 e. The molecular formula is C72H102Cl3N3O15S. The van der Waals surface area contributed by atoms with E-state index in [1.807, 2.05) is 6.92 Å². The van der Waals surface area contributed by atoms with Crippen LogP contribution in [0.4, 0.5) is 0 Å². The lowest BCUT2D eigenvalue weighted by Crippen LogP contribution is -2.32. The number of halogens is 3. The van der Waals surface area contributed by atoms with Crippen LogP contribution in [0.5, 0.6) is 0 Å². The van der Waals surface area contributed by atoms with E-state index in [0.717, 1.165) is 35.5 Å². The highest BCUT2D eigenvalue weighted by molar-refractivity contribution is 8.26. The quantitative estimate of drug-likeness (QED) is 0.0182. The van der Waals surface area contributed by atoms with Gasteiger partial charge in [-0.15, -0.1) is 0 Å². The van der Waals surface area contributed by atoms with E-state index in [9.17, 15) is 52.7 Å². The number of carboxylic acid groups (broad SMARTS) is 1. The number of rotatable bonds is 43. The van der Waals surface area contributed by atoms with Gasteiger partial charge < -0.3 is 14.6 Å². The molecule has 0 aliphatic carbocycles. The molecule has 0 fully saturated rings. The SMILES string of the molecule is CCCCCCCCCCCCCCC(C(=O)CCCN1C(=O)c2ccccc2C1=O)C(=O)OCC.CCCCCCCCCCCCCCCC(=O)OCC.O=C(Cl)CCCN1C(=O)c2ccccc2C1=O.O=C(O)CCCN1C(=O)c2ccccc2C1=O.O=S(Cl)Cl. The summed E-state index contributed by atoms with van der Waals surface area (Å²) >= 11 is 5.20. The molecule has 1 N–H and O–H groups in total. The number of fused-ring (bicyclic) bond motifs is 3. The molecule has 3 heterocycles. The van der Waals surface area contributed by atoms with Gasteiger partial charge in [-0.2, -0.15) is 0 Å². The first-order valence-corrected chi connectivity index (χ1v) is 37.3. The van der Waals surface area contributed by atoms with Crippen LogP contribution in [0.15, 0.2) is 72.8 Å². The van der Waals surface area contributed by atoms with E-state index < -0.39 is 32.3 Å². The lowest BCUT2D eigenvalue weighted by Gasteiger charge is -2.16. The molecule has 6 amide bonds. The van der Waals surface area contributed by atoms with Gasteiger partial charge in [0.2, 0.25) is 14.5 Å². The third-order valence-corrected chi connectivity index (χ3v) is 16.3. The molecule has 0 saturated heterocycles. The molecule has 3 aliphatic heterocycles. The second-order valence-electron chi connectivity index (χ2n) is 23.4. The fourth-order valence-corrected chi connectivity index (χ4v) is 11.2. The average Bonchev–Trinajstić information content (AvgIpc) is 1.67. The number of hydrogen-bond donors (Lipinski definition) is 1. The number of ketones is 1. The maximum absolute atomic E-state index is 12.9. The van der Waals surface area contributed by atoms with Crippen molar-refractivity contribution in [3.63, 3.8) is 0 Å². The number of ether oxygens (including phenoxy) is 2. The molecule has 18 nitrogen and oxygen atoms in total. The minimum Gasteiger partial charge on any atom is -0.481 e. The van der Waals surface area contributed by atoms with Gasteiger partial charge in [0.1, 0.15) is 11.7 Å². The number of unbranched alkanes of at least 4 members (excludes halogenated alkanes) is 23. The summed E-state index contributed by atoms with van der Waals surface area (Å²) in [6.45, 7) is 9.43. The zero-order chi connectivity index (χ0) is 69.5. The summed E-state index contributed by atoms with van der Waals surface area (Å²) in [6.07, 6.45) is 34.5. The summed E-state index contributed by atoms with van der Waals surface area (Å²) in [5.41, 5.74) is 2.46. The molecule has 3 aromatic rings. The first-order valence-electron chi connectivity index (χ1n) is 34.1. The number of imide groups is 3. The van der Waals surface area contributed by atoms with Gasteiger partial charge in [0.15, 0.2) is 0 Å². The topological polar surface area (TPSA) is 253 Å². The van der Waals surface area contributed by atoms with Crippen molar-refractivity contribution < 1.29 is 71.5 Å². The van der Waals surface area contributed by atoms with E-state index in [0.29, 0.717) is 65.7 Å². The molecular weight excluding hydrogens is 1290 g/mol. The minimum absolute atomic E-state index is 0.0319. The monoisotopic (exact) mass is 1390 g/mol. The van der Waals surface area contributed by atoms with Crippen LogP contribution in [0.2, 0.25) is 0 Å². The molecule has 94 heavy (non-hydrogen) atoms. The third-order valence-electron chi connectivity index (χ3n) is 16.1. The van der Waals surface area contributed by atoms with Crippen molar-refractivity contribution in [3.05, 3.63) is 106 Å². The number of aliphatic carboxylic acids is 1. The molecule has 0 saturated carbocycles. The molecule has 6 rings (SSSR count). The number of Topliss-reactive ketones (excluding diaryl/α,β-unsaturated/α-hetero) is 1. The molecule has 3 aliphatic rings. The minimum atomic E-state index is -1.67. The molecule has 1 atom stereocenters. The molecule has 0 bridgehead atoms.